The monoisotopic (exact) mass is 278 g/mol. The number of hydrogen-bond acceptors (Lipinski definition) is 4. The minimum Gasteiger partial charge on any atom is -0.383 e. The summed E-state index contributed by atoms with van der Waals surface area (Å²) in [5.41, 5.74) is 7.35. The van der Waals surface area contributed by atoms with Crippen molar-refractivity contribution in [2.24, 2.45) is 0 Å². The number of nitrogens with zero attached hydrogens (tertiary/aromatic N) is 2. The van der Waals surface area contributed by atoms with E-state index in [1.54, 1.807) is 12.3 Å². The van der Waals surface area contributed by atoms with Gasteiger partial charge in [-0.25, -0.2) is 9.97 Å². The SMILES string of the molecule is Cc1ccc(NC(=O)c2cnc(N)c3ccccc23)nc1. The van der Waals surface area contributed by atoms with Crippen LogP contribution in [0.25, 0.3) is 10.8 Å². The zero-order valence-corrected chi connectivity index (χ0v) is 11.5. The normalized spacial score (nSPS) is 10.5. The highest BCUT2D eigenvalue weighted by Gasteiger charge is 2.12. The molecule has 5 heteroatoms. The zero-order chi connectivity index (χ0) is 14.8. The smallest absolute Gasteiger partial charge is 0.259 e. The molecule has 0 atom stereocenters. The molecule has 0 radical (unpaired) electrons. The summed E-state index contributed by atoms with van der Waals surface area (Å²) < 4.78 is 0. The molecule has 0 bridgehead atoms. The molecule has 21 heavy (non-hydrogen) atoms. The van der Waals surface area contributed by atoms with Crippen molar-refractivity contribution < 1.29 is 4.79 Å². The van der Waals surface area contributed by atoms with E-state index in [0.29, 0.717) is 17.2 Å². The molecule has 104 valence electrons. The van der Waals surface area contributed by atoms with Gasteiger partial charge in [-0.15, -0.1) is 0 Å². The van der Waals surface area contributed by atoms with Gasteiger partial charge in [-0.1, -0.05) is 30.3 Å². The fourth-order valence-electron chi connectivity index (χ4n) is 2.12. The fourth-order valence-corrected chi connectivity index (χ4v) is 2.12. The Balaban J connectivity index is 1.98. The molecule has 3 N–H and O–H groups in total. The third-order valence-corrected chi connectivity index (χ3v) is 3.22. The van der Waals surface area contributed by atoms with Crippen LogP contribution in [0.15, 0.2) is 48.8 Å². The van der Waals surface area contributed by atoms with Crippen LogP contribution in [0, 0.1) is 6.92 Å². The lowest BCUT2D eigenvalue weighted by molar-refractivity contribution is 0.102. The predicted molar refractivity (Wildman–Crippen MR) is 83.1 cm³/mol. The Kier molecular flexibility index (Phi) is 3.23. The highest BCUT2D eigenvalue weighted by molar-refractivity contribution is 6.13. The van der Waals surface area contributed by atoms with Crippen molar-refractivity contribution in [2.45, 2.75) is 6.92 Å². The summed E-state index contributed by atoms with van der Waals surface area (Å²) in [7, 11) is 0. The van der Waals surface area contributed by atoms with Crippen molar-refractivity contribution in [2.75, 3.05) is 11.1 Å². The van der Waals surface area contributed by atoms with Crippen molar-refractivity contribution in [3.8, 4) is 0 Å². The summed E-state index contributed by atoms with van der Waals surface area (Å²) in [5, 5.41) is 4.30. The van der Waals surface area contributed by atoms with E-state index in [1.807, 2.05) is 37.3 Å². The van der Waals surface area contributed by atoms with Gasteiger partial charge >= 0.3 is 0 Å². The number of amides is 1. The second-order valence-electron chi connectivity index (χ2n) is 4.78. The number of nitrogen functional groups attached to an aromatic ring is 1. The second kappa shape index (κ2) is 5.20. The number of nitrogens with one attached hydrogen (secondary N) is 1. The number of rotatable bonds is 2. The Morgan fingerprint density at radius 3 is 2.52 bits per heavy atom. The Morgan fingerprint density at radius 1 is 1.05 bits per heavy atom. The van der Waals surface area contributed by atoms with Gasteiger partial charge in [-0.05, 0) is 23.9 Å². The largest absolute Gasteiger partial charge is 0.383 e. The van der Waals surface area contributed by atoms with Crippen LogP contribution in [0.2, 0.25) is 0 Å². The molecule has 0 aliphatic heterocycles. The zero-order valence-electron chi connectivity index (χ0n) is 11.5. The highest BCUT2D eigenvalue weighted by Crippen LogP contribution is 2.22. The number of nitrogens with two attached hydrogens (primary N) is 1. The van der Waals surface area contributed by atoms with Crippen LogP contribution < -0.4 is 11.1 Å². The van der Waals surface area contributed by atoms with E-state index in [-0.39, 0.29) is 5.91 Å². The minimum atomic E-state index is -0.255. The van der Waals surface area contributed by atoms with Gasteiger partial charge in [0, 0.05) is 17.8 Å². The lowest BCUT2D eigenvalue weighted by Gasteiger charge is -2.08. The average molecular weight is 278 g/mol. The van der Waals surface area contributed by atoms with Crippen LogP contribution in [0.3, 0.4) is 0 Å². The summed E-state index contributed by atoms with van der Waals surface area (Å²) in [6.07, 6.45) is 3.19. The van der Waals surface area contributed by atoms with E-state index in [2.05, 4.69) is 15.3 Å². The quantitative estimate of drug-likeness (QED) is 0.755. The molecular formula is C16H14N4O. The van der Waals surface area contributed by atoms with Gasteiger partial charge in [0.05, 0.1) is 5.56 Å². The molecule has 0 spiro atoms. The molecule has 0 saturated heterocycles. The van der Waals surface area contributed by atoms with Gasteiger partial charge in [-0.3, -0.25) is 4.79 Å². The third-order valence-electron chi connectivity index (χ3n) is 3.22. The number of fused-ring (bicyclic) bond motifs is 1. The summed E-state index contributed by atoms with van der Waals surface area (Å²) in [4.78, 5) is 20.6. The van der Waals surface area contributed by atoms with Crippen molar-refractivity contribution in [3.63, 3.8) is 0 Å². The van der Waals surface area contributed by atoms with E-state index in [1.165, 1.54) is 6.20 Å². The minimum absolute atomic E-state index is 0.255. The third kappa shape index (κ3) is 2.53. The van der Waals surface area contributed by atoms with E-state index < -0.39 is 0 Å². The maximum absolute atomic E-state index is 12.4. The summed E-state index contributed by atoms with van der Waals surface area (Å²) in [6, 6.07) is 11.1. The molecule has 0 unspecified atom stereocenters. The van der Waals surface area contributed by atoms with Crippen LogP contribution in [-0.4, -0.2) is 15.9 Å². The standard InChI is InChI=1S/C16H14N4O/c1-10-6-7-14(18-8-10)20-16(21)13-9-19-15(17)12-5-3-2-4-11(12)13/h2-9H,1H3,(H2,17,19)(H,18,20,21). The number of hydrogen-bond donors (Lipinski definition) is 2. The molecule has 1 amide bonds. The van der Waals surface area contributed by atoms with E-state index in [9.17, 15) is 4.79 Å². The first-order chi connectivity index (χ1) is 10.1. The molecule has 1 aromatic carbocycles. The maximum Gasteiger partial charge on any atom is 0.259 e. The van der Waals surface area contributed by atoms with Crippen LogP contribution in [0.4, 0.5) is 11.6 Å². The lowest BCUT2D eigenvalue weighted by atomic mass is 10.1. The van der Waals surface area contributed by atoms with Gasteiger partial charge in [0.15, 0.2) is 0 Å². The maximum atomic E-state index is 12.4. The molecule has 0 aliphatic carbocycles. The van der Waals surface area contributed by atoms with Gasteiger partial charge in [-0.2, -0.15) is 0 Å². The molecule has 3 aromatic rings. The number of benzene rings is 1. The van der Waals surface area contributed by atoms with Crippen LogP contribution in [0.1, 0.15) is 15.9 Å². The number of carbonyl (C=O) groups is 1. The number of pyridine rings is 2. The van der Waals surface area contributed by atoms with Gasteiger partial charge in [0.2, 0.25) is 0 Å². The fraction of sp³-hybridized carbons (Fsp3) is 0.0625. The first-order valence-electron chi connectivity index (χ1n) is 6.52. The Hall–Kier alpha value is -2.95. The van der Waals surface area contributed by atoms with Gasteiger partial charge < -0.3 is 11.1 Å². The van der Waals surface area contributed by atoms with E-state index >= 15 is 0 Å². The first-order valence-corrected chi connectivity index (χ1v) is 6.52. The van der Waals surface area contributed by atoms with Crippen molar-refractivity contribution in [1.82, 2.24) is 9.97 Å². The molecule has 3 rings (SSSR count). The number of anilines is 2. The average Bonchev–Trinajstić information content (AvgIpc) is 2.50. The summed E-state index contributed by atoms with van der Waals surface area (Å²) in [5.74, 6) is 0.664. The van der Waals surface area contributed by atoms with Gasteiger partial charge in [0.1, 0.15) is 11.6 Å². The predicted octanol–water partition coefficient (Wildman–Crippen LogP) is 2.77. The lowest BCUT2D eigenvalue weighted by Crippen LogP contribution is -2.14. The second-order valence-corrected chi connectivity index (χ2v) is 4.78. The molecule has 2 heterocycles. The molecular weight excluding hydrogens is 264 g/mol. The van der Waals surface area contributed by atoms with Crippen LogP contribution in [-0.2, 0) is 0 Å². The number of aromatic nitrogens is 2. The summed E-state index contributed by atoms with van der Waals surface area (Å²) >= 11 is 0. The van der Waals surface area contributed by atoms with Crippen molar-refractivity contribution in [3.05, 3.63) is 59.9 Å². The Labute approximate surface area is 121 Å². The number of carbonyl (C=O) groups excluding carboxylic acids is 1. The molecule has 2 aromatic heterocycles. The van der Waals surface area contributed by atoms with Crippen molar-refractivity contribution >= 4 is 28.3 Å². The van der Waals surface area contributed by atoms with E-state index in [0.717, 1.165) is 16.3 Å². The molecule has 0 saturated carbocycles. The van der Waals surface area contributed by atoms with Gasteiger partial charge in [0.25, 0.3) is 5.91 Å². The van der Waals surface area contributed by atoms with Crippen LogP contribution >= 0.6 is 0 Å². The molecule has 0 aliphatic rings. The Morgan fingerprint density at radius 2 is 1.81 bits per heavy atom. The molecule has 5 nitrogen and oxygen atoms in total. The highest BCUT2D eigenvalue weighted by atomic mass is 16.1. The first kappa shape index (κ1) is 13.1. The van der Waals surface area contributed by atoms with E-state index in [4.69, 9.17) is 5.73 Å². The summed E-state index contributed by atoms with van der Waals surface area (Å²) in [6.45, 7) is 1.94. The topological polar surface area (TPSA) is 80.9 Å². The molecule has 0 fully saturated rings. The Bertz CT molecular complexity index is 812. The van der Waals surface area contributed by atoms with Crippen LogP contribution in [0.5, 0.6) is 0 Å². The van der Waals surface area contributed by atoms with Crippen molar-refractivity contribution in [1.29, 1.82) is 0 Å². The number of aryl methyl sites for hydroxylation is 1.